The largest absolute Gasteiger partial charge is 0.507 e. The first-order valence-corrected chi connectivity index (χ1v) is 4.80. The fraction of sp³-hybridized carbons (Fsp3) is 0.273. The predicted molar refractivity (Wildman–Crippen MR) is 59.0 cm³/mol. The van der Waals surface area contributed by atoms with E-state index < -0.39 is 11.9 Å². The monoisotopic (exact) mass is 239 g/mol. The van der Waals surface area contributed by atoms with E-state index in [1.165, 1.54) is 32.4 Å². The van der Waals surface area contributed by atoms with Crippen LogP contribution in [0.5, 0.6) is 11.5 Å². The van der Waals surface area contributed by atoms with Gasteiger partial charge in [0.2, 0.25) is 0 Å². The Kier molecular flexibility index (Phi) is 4.33. The molecule has 1 aromatic carbocycles. The molecule has 0 aromatic heterocycles. The Labute approximate surface area is 98.2 Å². The molecule has 1 aromatic rings. The van der Waals surface area contributed by atoms with Crippen molar-refractivity contribution in [3.8, 4) is 11.5 Å². The lowest BCUT2D eigenvalue weighted by molar-refractivity contribution is -0.139. The average Bonchev–Trinajstić information content (AvgIpc) is 2.35. The first kappa shape index (κ1) is 12.8. The van der Waals surface area contributed by atoms with Crippen LogP contribution >= 0.6 is 0 Å². The summed E-state index contributed by atoms with van der Waals surface area (Å²) >= 11 is 0. The number of amides is 1. The topological polar surface area (TPSA) is 84.9 Å². The van der Waals surface area contributed by atoms with E-state index in [1.807, 2.05) is 0 Å². The number of benzene rings is 1. The standard InChI is InChI=1S/C11H13NO5/c1-16-7-3-4-8(9(13)5-7)11(15)12-6-10(14)17-2/h3-5,13H,6H2,1-2H3,(H,12,15). The summed E-state index contributed by atoms with van der Waals surface area (Å²) in [4.78, 5) is 22.4. The molecule has 0 aliphatic carbocycles. The van der Waals surface area contributed by atoms with Gasteiger partial charge in [-0.1, -0.05) is 0 Å². The van der Waals surface area contributed by atoms with Gasteiger partial charge in [-0.15, -0.1) is 0 Å². The number of methoxy groups -OCH3 is 2. The second-order valence-electron chi connectivity index (χ2n) is 3.14. The quantitative estimate of drug-likeness (QED) is 0.738. The van der Waals surface area contributed by atoms with Gasteiger partial charge in [-0.2, -0.15) is 0 Å². The summed E-state index contributed by atoms with van der Waals surface area (Å²) in [6.07, 6.45) is 0. The van der Waals surface area contributed by atoms with Crippen LogP contribution in [0.15, 0.2) is 18.2 Å². The molecule has 0 spiro atoms. The summed E-state index contributed by atoms with van der Waals surface area (Å²) < 4.78 is 9.25. The lowest BCUT2D eigenvalue weighted by Crippen LogP contribution is -2.30. The first-order valence-electron chi connectivity index (χ1n) is 4.80. The molecule has 0 saturated carbocycles. The van der Waals surface area contributed by atoms with Crippen molar-refractivity contribution < 1.29 is 24.2 Å². The van der Waals surface area contributed by atoms with Gasteiger partial charge in [0.15, 0.2) is 0 Å². The van der Waals surface area contributed by atoms with Crippen LogP contribution in [0.25, 0.3) is 0 Å². The first-order chi connectivity index (χ1) is 8.08. The molecule has 17 heavy (non-hydrogen) atoms. The molecule has 0 unspecified atom stereocenters. The van der Waals surface area contributed by atoms with Crippen molar-refractivity contribution in [1.29, 1.82) is 0 Å². The summed E-state index contributed by atoms with van der Waals surface area (Å²) in [5.41, 5.74) is 0.0645. The Morgan fingerprint density at radius 3 is 2.59 bits per heavy atom. The highest BCUT2D eigenvalue weighted by atomic mass is 16.5. The Bertz CT molecular complexity index is 430. The number of phenolic OH excluding ortho intramolecular Hbond substituents is 1. The minimum absolute atomic E-state index is 0.0645. The van der Waals surface area contributed by atoms with Crippen molar-refractivity contribution in [3.63, 3.8) is 0 Å². The zero-order valence-electron chi connectivity index (χ0n) is 9.52. The number of aromatic hydroxyl groups is 1. The molecule has 1 amide bonds. The van der Waals surface area contributed by atoms with Crippen LogP contribution in [0.4, 0.5) is 0 Å². The Hall–Kier alpha value is -2.24. The van der Waals surface area contributed by atoms with Gasteiger partial charge in [0.05, 0.1) is 19.8 Å². The Morgan fingerprint density at radius 2 is 2.06 bits per heavy atom. The second-order valence-corrected chi connectivity index (χ2v) is 3.14. The van der Waals surface area contributed by atoms with Crippen molar-refractivity contribution in [2.75, 3.05) is 20.8 Å². The minimum atomic E-state index is -0.564. The molecule has 2 N–H and O–H groups in total. The summed E-state index contributed by atoms with van der Waals surface area (Å²) in [6.45, 7) is -0.249. The third-order valence-electron chi connectivity index (χ3n) is 2.07. The van der Waals surface area contributed by atoms with Gasteiger partial charge < -0.3 is 19.9 Å². The second kappa shape index (κ2) is 5.74. The molecule has 6 nitrogen and oxygen atoms in total. The maximum atomic E-state index is 11.6. The van der Waals surface area contributed by atoms with Crippen molar-refractivity contribution in [2.24, 2.45) is 0 Å². The fourth-order valence-electron chi connectivity index (χ4n) is 1.15. The molecule has 0 saturated heterocycles. The highest BCUT2D eigenvalue weighted by molar-refractivity contribution is 5.98. The van der Waals surface area contributed by atoms with Gasteiger partial charge in [0.1, 0.15) is 18.0 Å². The highest BCUT2D eigenvalue weighted by Gasteiger charge is 2.12. The van der Waals surface area contributed by atoms with E-state index >= 15 is 0 Å². The molecule has 0 atom stereocenters. The normalized spacial score (nSPS) is 9.53. The van der Waals surface area contributed by atoms with Crippen LogP contribution in [0.3, 0.4) is 0 Å². The SMILES string of the molecule is COC(=O)CNC(=O)c1ccc(OC)cc1O. The molecule has 92 valence electrons. The van der Waals surface area contributed by atoms with Gasteiger partial charge in [-0.25, -0.2) is 0 Å². The number of hydrogen-bond donors (Lipinski definition) is 2. The number of esters is 1. The predicted octanol–water partition coefficient (Wildman–Crippen LogP) is 0.304. The molecule has 0 heterocycles. The maximum absolute atomic E-state index is 11.6. The zero-order chi connectivity index (χ0) is 12.8. The van der Waals surface area contributed by atoms with Crippen LogP contribution in [-0.2, 0) is 9.53 Å². The summed E-state index contributed by atoms with van der Waals surface area (Å²) in [5, 5.41) is 11.9. The fourth-order valence-corrected chi connectivity index (χ4v) is 1.15. The molecular weight excluding hydrogens is 226 g/mol. The van der Waals surface area contributed by atoms with E-state index in [9.17, 15) is 14.7 Å². The van der Waals surface area contributed by atoms with E-state index in [1.54, 1.807) is 0 Å². The van der Waals surface area contributed by atoms with Gasteiger partial charge in [-0.3, -0.25) is 9.59 Å². The number of carbonyl (C=O) groups excluding carboxylic acids is 2. The van der Waals surface area contributed by atoms with E-state index in [4.69, 9.17) is 4.74 Å². The van der Waals surface area contributed by atoms with Crippen LogP contribution in [0.1, 0.15) is 10.4 Å². The molecule has 0 fully saturated rings. The van der Waals surface area contributed by atoms with Gasteiger partial charge in [0.25, 0.3) is 5.91 Å². The van der Waals surface area contributed by atoms with Crippen LogP contribution in [0, 0.1) is 0 Å². The highest BCUT2D eigenvalue weighted by Crippen LogP contribution is 2.22. The summed E-state index contributed by atoms with van der Waals surface area (Å²) in [7, 11) is 2.67. The summed E-state index contributed by atoms with van der Waals surface area (Å²) in [6, 6.07) is 4.25. The molecule has 6 heteroatoms. The summed E-state index contributed by atoms with van der Waals surface area (Å²) in [5.74, 6) is -0.902. The van der Waals surface area contributed by atoms with Crippen molar-refractivity contribution >= 4 is 11.9 Å². The number of carbonyl (C=O) groups is 2. The Balaban J connectivity index is 2.72. The van der Waals surface area contributed by atoms with Crippen LogP contribution in [-0.4, -0.2) is 37.7 Å². The minimum Gasteiger partial charge on any atom is -0.507 e. The van der Waals surface area contributed by atoms with Crippen LogP contribution in [0.2, 0.25) is 0 Å². The zero-order valence-corrected chi connectivity index (χ0v) is 9.52. The van der Waals surface area contributed by atoms with Gasteiger partial charge >= 0.3 is 5.97 Å². The third-order valence-corrected chi connectivity index (χ3v) is 2.07. The lowest BCUT2D eigenvalue weighted by Gasteiger charge is -2.07. The van der Waals surface area contributed by atoms with E-state index in [0.717, 1.165) is 0 Å². The molecule has 1 rings (SSSR count). The average molecular weight is 239 g/mol. The molecular formula is C11H13NO5. The van der Waals surface area contributed by atoms with Gasteiger partial charge in [-0.05, 0) is 12.1 Å². The third kappa shape index (κ3) is 3.37. The molecule has 0 bridgehead atoms. The van der Waals surface area contributed by atoms with Crippen molar-refractivity contribution in [2.45, 2.75) is 0 Å². The maximum Gasteiger partial charge on any atom is 0.325 e. The Morgan fingerprint density at radius 1 is 1.35 bits per heavy atom. The van der Waals surface area contributed by atoms with E-state index in [2.05, 4.69) is 10.1 Å². The van der Waals surface area contributed by atoms with Crippen molar-refractivity contribution in [1.82, 2.24) is 5.32 Å². The van der Waals surface area contributed by atoms with E-state index in [0.29, 0.717) is 5.75 Å². The molecule has 0 radical (unpaired) electrons. The molecule has 0 aliphatic rings. The van der Waals surface area contributed by atoms with E-state index in [-0.39, 0.29) is 17.9 Å². The number of phenols is 1. The van der Waals surface area contributed by atoms with Crippen molar-refractivity contribution in [3.05, 3.63) is 23.8 Å². The van der Waals surface area contributed by atoms with Gasteiger partial charge in [0, 0.05) is 6.07 Å². The number of nitrogens with one attached hydrogen (secondary N) is 1. The number of hydrogen-bond acceptors (Lipinski definition) is 5. The van der Waals surface area contributed by atoms with Crippen LogP contribution < -0.4 is 10.1 Å². The number of rotatable bonds is 4. The molecule has 0 aliphatic heterocycles. The lowest BCUT2D eigenvalue weighted by atomic mass is 10.2. The number of ether oxygens (including phenoxy) is 2. The smallest absolute Gasteiger partial charge is 0.325 e.